The smallest absolute Gasteiger partial charge is 0.147 e. The van der Waals surface area contributed by atoms with Crippen LogP contribution in [0.1, 0.15) is 38.6 Å². The average molecular weight is 236 g/mol. The van der Waals surface area contributed by atoms with Crippen LogP contribution in [0.2, 0.25) is 0 Å². The van der Waals surface area contributed by atoms with Crippen molar-refractivity contribution in [2.75, 3.05) is 11.9 Å². The molecule has 3 N–H and O–H groups in total. The zero-order valence-electron chi connectivity index (χ0n) is 11.5. The largest absolute Gasteiger partial charge is 0.367 e. The fourth-order valence-electron chi connectivity index (χ4n) is 1.79. The van der Waals surface area contributed by atoms with Crippen LogP contribution in [-0.4, -0.2) is 22.6 Å². The first-order valence-corrected chi connectivity index (χ1v) is 6.07. The first-order chi connectivity index (χ1) is 7.78. The van der Waals surface area contributed by atoms with Gasteiger partial charge in [0.1, 0.15) is 5.82 Å². The molecule has 1 unspecified atom stereocenters. The molecule has 1 atom stereocenters. The van der Waals surface area contributed by atoms with Gasteiger partial charge in [-0.2, -0.15) is 0 Å². The molecule has 1 aromatic heterocycles. The van der Waals surface area contributed by atoms with E-state index in [0.717, 1.165) is 30.2 Å². The van der Waals surface area contributed by atoms with Gasteiger partial charge in [-0.05, 0) is 25.7 Å². The molecule has 96 valence electrons. The molecule has 0 aliphatic carbocycles. The summed E-state index contributed by atoms with van der Waals surface area (Å²) < 4.78 is 0. The Labute approximate surface area is 104 Å². The van der Waals surface area contributed by atoms with Gasteiger partial charge in [-0.25, -0.2) is 4.98 Å². The van der Waals surface area contributed by atoms with Gasteiger partial charge in [0.25, 0.3) is 0 Å². The van der Waals surface area contributed by atoms with Gasteiger partial charge in [0.2, 0.25) is 0 Å². The second-order valence-corrected chi connectivity index (χ2v) is 5.85. The standard InChI is InChI=1S/C13H24N4/c1-9-7-15-10(2)12(17-9)16-8-11(14)6-13(3,4)5/h7,11H,6,8,14H2,1-5H3,(H,16,17). The van der Waals surface area contributed by atoms with Crippen LogP contribution in [0.4, 0.5) is 5.82 Å². The van der Waals surface area contributed by atoms with Crippen molar-refractivity contribution in [3.63, 3.8) is 0 Å². The number of aryl methyl sites for hydroxylation is 2. The Morgan fingerprint density at radius 3 is 2.59 bits per heavy atom. The molecule has 1 aromatic rings. The molecule has 0 bridgehead atoms. The molecule has 17 heavy (non-hydrogen) atoms. The molecule has 4 heteroatoms. The highest BCUT2D eigenvalue weighted by atomic mass is 15.0. The van der Waals surface area contributed by atoms with E-state index in [2.05, 4.69) is 36.1 Å². The lowest BCUT2D eigenvalue weighted by Gasteiger charge is -2.23. The Balaban J connectivity index is 2.53. The van der Waals surface area contributed by atoms with Crippen LogP contribution in [0.5, 0.6) is 0 Å². The van der Waals surface area contributed by atoms with E-state index in [1.54, 1.807) is 6.20 Å². The van der Waals surface area contributed by atoms with Gasteiger partial charge in [0, 0.05) is 18.8 Å². The van der Waals surface area contributed by atoms with Crippen molar-refractivity contribution in [3.8, 4) is 0 Å². The number of hydrogen-bond acceptors (Lipinski definition) is 4. The molecule has 0 saturated carbocycles. The summed E-state index contributed by atoms with van der Waals surface area (Å²) in [5, 5.41) is 3.28. The Kier molecular flexibility index (Phi) is 4.46. The van der Waals surface area contributed by atoms with E-state index in [1.807, 2.05) is 13.8 Å². The number of hydrogen-bond donors (Lipinski definition) is 2. The predicted octanol–water partition coefficient (Wildman–Crippen LogP) is 2.27. The van der Waals surface area contributed by atoms with Gasteiger partial charge < -0.3 is 11.1 Å². The van der Waals surface area contributed by atoms with Crippen molar-refractivity contribution in [1.82, 2.24) is 9.97 Å². The van der Waals surface area contributed by atoms with E-state index in [4.69, 9.17) is 5.73 Å². The van der Waals surface area contributed by atoms with E-state index in [1.165, 1.54) is 0 Å². The molecule has 0 spiro atoms. The summed E-state index contributed by atoms with van der Waals surface area (Å²) in [5.74, 6) is 0.842. The molecule has 1 heterocycles. The summed E-state index contributed by atoms with van der Waals surface area (Å²) in [6, 6.07) is 0.136. The monoisotopic (exact) mass is 236 g/mol. The van der Waals surface area contributed by atoms with Crippen LogP contribution >= 0.6 is 0 Å². The van der Waals surface area contributed by atoms with Gasteiger partial charge in [-0.1, -0.05) is 20.8 Å². The molecule has 0 radical (unpaired) electrons. The molecular weight excluding hydrogens is 212 g/mol. The van der Waals surface area contributed by atoms with Crippen LogP contribution in [0, 0.1) is 19.3 Å². The number of nitrogens with one attached hydrogen (secondary N) is 1. The zero-order chi connectivity index (χ0) is 13.1. The summed E-state index contributed by atoms with van der Waals surface area (Å²) in [5.41, 5.74) is 8.18. The number of rotatable bonds is 4. The van der Waals surface area contributed by atoms with Crippen LogP contribution < -0.4 is 11.1 Å². The number of nitrogens with zero attached hydrogens (tertiary/aromatic N) is 2. The van der Waals surface area contributed by atoms with E-state index >= 15 is 0 Å². The third kappa shape index (κ3) is 5.13. The molecule has 4 nitrogen and oxygen atoms in total. The highest BCUT2D eigenvalue weighted by Gasteiger charge is 2.15. The van der Waals surface area contributed by atoms with Gasteiger partial charge in [0.05, 0.1) is 11.4 Å². The normalized spacial score (nSPS) is 13.5. The Bertz CT molecular complexity index is 368. The maximum Gasteiger partial charge on any atom is 0.147 e. The lowest BCUT2D eigenvalue weighted by molar-refractivity contribution is 0.344. The van der Waals surface area contributed by atoms with Crippen molar-refractivity contribution in [2.24, 2.45) is 11.1 Å². The molecule has 0 saturated heterocycles. The Hall–Kier alpha value is -1.16. The van der Waals surface area contributed by atoms with E-state index in [9.17, 15) is 0 Å². The molecule has 0 aliphatic heterocycles. The molecular formula is C13H24N4. The Morgan fingerprint density at radius 1 is 1.35 bits per heavy atom. The topological polar surface area (TPSA) is 63.8 Å². The van der Waals surface area contributed by atoms with Crippen LogP contribution in [-0.2, 0) is 0 Å². The summed E-state index contributed by atoms with van der Waals surface area (Å²) in [4.78, 5) is 8.68. The van der Waals surface area contributed by atoms with Crippen molar-refractivity contribution in [1.29, 1.82) is 0 Å². The van der Waals surface area contributed by atoms with Crippen molar-refractivity contribution < 1.29 is 0 Å². The first-order valence-electron chi connectivity index (χ1n) is 6.07. The molecule has 1 rings (SSSR count). The molecule has 0 aromatic carbocycles. The summed E-state index contributed by atoms with van der Waals surface area (Å²) in [6.45, 7) is 11.2. The highest BCUT2D eigenvalue weighted by Crippen LogP contribution is 2.20. The molecule has 0 amide bonds. The highest BCUT2D eigenvalue weighted by molar-refractivity contribution is 5.39. The maximum absolute atomic E-state index is 6.09. The minimum Gasteiger partial charge on any atom is -0.367 e. The van der Waals surface area contributed by atoms with Gasteiger partial charge in [0.15, 0.2) is 0 Å². The number of aromatic nitrogens is 2. The van der Waals surface area contributed by atoms with Gasteiger partial charge >= 0.3 is 0 Å². The molecule has 0 fully saturated rings. The first kappa shape index (κ1) is 13.9. The third-order valence-electron chi connectivity index (χ3n) is 2.48. The fourth-order valence-corrected chi connectivity index (χ4v) is 1.79. The minimum atomic E-state index is 0.136. The summed E-state index contributed by atoms with van der Waals surface area (Å²) in [7, 11) is 0. The van der Waals surface area contributed by atoms with Crippen LogP contribution in [0.15, 0.2) is 6.20 Å². The van der Waals surface area contributed by atoms with Crippen molar-refractivity contribution >= 4 is 5.82 Å². The van der Waals surface area contributed by atoms with E-state index in [-0.39, 0.29) is 11.5 Å². The second kappa shape index (κ2) is 5.45. The second-order valence-electron chi connectivity index (χ2n) is 5.85. The van der Waals surface area contributed by atoms with Crippen LogP contribution in [0.3, 0.4) is 0 Å². The fraction of sp³-hybridized carbons (Fsp3) is 0.692. The van der Waals surface area contributed by atoms with Gasteiger partial charge in [-0.15, -0.1) is 0 Å². The quantitative estimate of drug-likeness (QED) is 0.841. The summed E-state index contributed by atoms with van der Waals surface area (Å²) >= 11 is 0. The van der Waals surface area contributed by atoms with E-state index in [0.29, 0.717) is 0 Å². The minimum absolute atomic E-state index is 0.136. The van der Waals surface area contributed by atoms with Crippen molar-refractivity contribution in [2.45, 2.75) is 47.1 Å². The van der Waals surface area contributed by atoms with E-state index < -0.39 is 0 Å². The number of anilines is 1. The SMILES string of the molecule is Cc1cnc(C)c(NCC(N)CC(C)(C)C)n1. The van der Waals surface area contributed by atoms with Crippen LogP contribution in [0.25, 0.3) is 0 Å². The van der Waals surface area contributed by atoms with Gasteiger partial charge in [-0.3, -0.25) is 4.98 Å². The molecule has 0 aliphatic rings. The summed E-state index contributed by atoms with van der Waals surface area (Å²) in [6.07, 6.45) is 2.76. The average Bonchev–Trinajstić information content (AvgIpc) is 2.17. The lowest BCUT2D eigenvalue weighted by Crippen LogP contribution is -2.33. The van der Waals surface area contributed by atoms with Crippen molar-refractivity contribution in [3.05, 3.63) is 17.6 Å². The predicted molar refractivity (Wildman–Crippen MR) is 72.0 cm³/mol. The lowest BCUT2D eigenvalue weighted by atomic mass is 9.88. The Morgan fingerprint density at radius 2 is 2.00 bits per heavy atom. The number of nitrogens with two attached hydrogens (primary N) is 1. The zero-order valence-corrected chi connectivity index (χ0v) is 11.5. The third-order valence-corrected chi connectivity index (χ3v) is 2.48. The maximum atomic E-state index is 6.09.